The Bertz CT molecular complexity index is 465. The van der Waals surface area contributed by atoms with Crippen LogP contribution >= 0.6 is 11.8 Å². The van der Waals surface area contributed by atoms with Crippen molar-refractivity contribution in [3.63, 3.8) is 0 Å². The smallest absolute Gasteiger partial charge is 0.191 e. The number of fused-ring (bicyclic) bond motifs is 1. The van der Waals surface area contributed by atoms with Crippen molar-refractivity contribution in [1.82, 2.24) is 10.6 Å². The molecular formula is C16H25N3OS. The number of nitrogens with zero attached hydrogens (tertiary/aromatic N) is 1. The standard InChI is InChI=1S/C16H25N3OS/c1-17-16(18-10-5-6-12-21-2)19-14-9-11-20-15-8-4-3-7-13(14)15/h3-4,7-8,14H,5-6,9-12H2,1-2H3,(H2,17,18,19). The minimum atomic E-state index is 0.271. The van der Waals surface area contributed by atoms with E-state index in [-0.39, 0.29) is 6.04 Å². The molecule has 21 heavy (non-hydrogen) atoms. The summed E-state index contributed by atoms with van der Waals surface area (Å²) < 4.78 is 5.69. The molecule has 2 rings (SSSR count). The summed E-state index contributed by atoms with van der Waals surface area (Å²) in [6, 6.07) is 8.49. The highest BCUT2D eigenvalue weighted by Gasteiger charge is 2.21. The Morgan fingerprint density at radius 2 is 2.24 bits per heavy atom. The topological polar surface area (TPSA) is 45.7 Å². The van der Waals surface area contributed by atoms with Crippen LogP contribution in [0.25, 0.3) is 0 Å². The zero-order chi connectivity index (χ0) is 14.9. The highest BCUT2D eigenvalue weighted by molar-refractivity contribution is 7.98. The number of rotatable bonds is 6. The van der Waals surface area contributed by atoms with E-state index >= 15 is 0 Å². The highest BCUT2D eigenvalue weighted by Crippen LogP contribution is 2.31. The van der Waals surface area contributed by atoms with E-state index in [1.807, 2.05) is 30.9 Å². The molecule has 1 aromatic carbocycles. The number of guanidine groups is 1. The van der Waals surface area contributed by atoms with E-state index < -0.39 is 0 Å². The van der Waals surface area contributed by atoms with Gasteiger partial charge in [0.2, 0.25) is 0 Å². The molecule has 0 radical (unpaired) electrons. The first kappa shape index (κ1) is 16.0. The molecule has 1 unspecified atom stereocenters. The van der Waals surface area contributed by atoms with Crippen LogP contribution in [0.1, 0.15) is 30.9 Å². The van der Waals surface area contributed by atoms with Gasteiger partial charge in [0.25, 0.3) is 0 Å². The van der Waals surface area contributed by atoms with Crippen molar-refractivity contribution in [2.24, 2.45) is 4.99 Å². The van der Waals surface area contributed by atoms with Gasteiger partial charge in [0.15, 0.2) is 5.96 Å². The van der Waals surface area contributed by atoms with E-state index in [2.05, 4.69) is 34.0 Å². The lowest BCUT2D eigenvalue weighted by Crippen LogP contribution is -2.41. The van der Waals surface area contributed by atoms with Crippen LogP contribution in [0.2, 0.25) is 0 Å². The molecule has 1 heterocycles. The second-order valence-corrected chi connectivity index (χ2v) is 6.06. The molecular weight excluding hydrogens is 282 g/mol. The molecule has 0 amide bonds. The Morgan fingerprint density at radius 1 is 1.38 bits per heavy atom. The molecule has 0 saturated carbocycles. The third-order valence-corrected chi connectivity index (χ3v) is 4.26. The van der Waals surface area contributed by atoms with Crippen LogP contribution in [0, 0.1) is 0 Å². The molecule has 5 heteroatoms. The fourth-order valence-electron chi connectivity index (χ4n) is 2.43. The van der Waals surface area contributed by atoms with Gasteiger partial charge < -0.3 is 15.4 Å². The van der Waals surface area contributed by atoms with Gasteiger partial charge in [-0.05, 0) is 30.9 Å². The lowest BCUT2D eigenvalue weighted by Gasteiger charge is -2.28. The largest absolute Gasteiger partial charge is 0.493 e. The lowest BCUT2D eigenvalue weighted by molar-refractivity contribution is 0.261. The summed E-state index contributed by atoms with van der Waals surface area (Å²) in [4.78, 5) is 4.32. The van der Waals surface area contributed by atoms with Crippen molar-refractivity contribution in [1.29, 1.82) is 0 Å². The number of benzene rings is 1. The molecule has 1 aliphatic heterocycles. The van der Waals surface area contributed by atoms with E-state index in [0.29, 0.717) is 0 Å². The Balaban J connectivity index is 1.85. The van der Waals surface area contributed by atoms with Gasteiger partial charge in [-0.1, -0.05) is 18.2 Å². The number of unbranched alkanes of at least 4 members (excludes halogenated alkanes) is 1. The molecule has 0 spiro atoms. The number of aliphatic imine (C=N–C) groups is 1. The summed E-state index contributed by atoms with van der Waals surface area (Å²) in [7, 11) is 1.82. The van der Waals surface area contributed by atoms with Crippen molar-refractivity contribution in [3.05, 3.63) is 29.8 Å². The van der Waals surface area contributed by atoms with E-state index in [1.54, 1.807) is 0 Å². The van der Waals surface area contributed by atoms with Gasteiger partial charge in [-0.15, -0.1) is 0 Å². The van der Waals surface area contributed by atoms with Crippen LogP contribution in [-0.2, 0) is 0 Å². The zero-order valence-electron chi connectivity index (χ0n) is 12.9. The van der Waals surface area contributed by atoms with E-state index in [9.17, 15) is 0 Å². The van der Waals surface area contributed by atoms with Crippen LogP contribution in [-0.4, -0.2) is 38.2 Å². The first-order valence-corrected chi connectivity index (χ1v) is 8.92. The zero-order valence-corrected chi connectivity index (χ0v) is 13.7. The normalized spacial score (nSPS) is 17.8. The first-order valence-electron chi connectivity index (χ1n) is 7.53. The fraction of sp³-hybridized carbons (Fsp3) is 0.562. The van der Waals surface area contributed by atoms with Crippen LogP contribution in [0.15, 0.2) is 29.3 Å². The molecule has 0 aromatic heterocycles. The molecule has 0 saturated heterocycles. The SMILES string of the molecule is CN=C(NCCCCSC)NC1CCOc2ccccc21. The Hall–Kier alpha value is -1.36. The van der Waals surface area contributed by atoms with Gasteiger partial charge in [0.1, 0.15) is 5.75 Å². The first-order chi connectivity index (χ1) is 10.3. The van der Waals surface area contributed by atoms with Gasteiger partial charge in [-0.25, -0.2) is 0 Å². The average Bonchev–Trinajstić information content (AvgIpc) is 2.53. The van der Waals surface area contributed by atoms with Crippen molar-refractivity contribution in [3.8, 4) is 5.75 Å². The molecule has 1 atom stereocenters. The van der Waals surface area contributed by atoms with Crippen molar-refractivity contribution in [2.45, 2.75) is 25.3 Å². The van der Waals surface area contributed by atoms with Gasteiger partial charge in [0.05, 0.1) is 12.6 Å². The summed E-state index contributed by atoms with van der Waals surface area (Å²) in [6.07, 6.45) is 5.53. The summed E-state index contributed by atoms with van der Waals surface area (Å²) >= 11 is 1.90. The Labute approximate surface area is 131 Å². The quantitative estimate of drug-likeness (QED) is 0.482. The maximum absolute atomic E-state index is 5.69. The van der Waals surface area contributed by atoms with Crippen molar-refractivity contribution >= 4 is 17.7 Å². The van der Waals surface area contributed by atoms with Gasteiger partial charge in [0, 0.05) is 25.6 Å². The Morgan fingerprint density at radius 3 is 3.05 bits per heavy atom. The molecule has 1 aromatic rings. The van der Waals surface area contributed by atoms with E-state index in [1.165, 1.54) is 24.2 Å². The summed E-state index contributed by atoms with van der Waals surface area (Å²) in [6.45, 7) is 1.71. The number of ether oxygens (including phenoxy) is 1. The second-order valence-electron chi connectivity index (χ2n) is 5.07. The summed E-state index contributed by atoms with van der Waals surface area (Å²) in [5, 5.41) is 6.90. The maximum atomic E-state index is 5.69. The van der Waals surface area contributed by atoms with Crippen LogP contribution in [0.5, 0.6) is 5.75 Å². The van der Waals surface area contributed by atoms with Crippen molar-refractivity contribution < 1.29 is 4.74 Å². The predicted molar refractivity (Wildman–Crippen MR) is 91.4 cm³/mol. The lowest BCUT2D eigenvalue weighted by atomic mass is 10.0. The minimum absolute atomic E-state index is 0.271. The summed E-state index contributed by atoms with van der Waals surface area (Å²) in [5.41, 5.74) is 1.22. The molecule has 1 aliphatic rings. The van der Waals surface area contributed by atoms with Crippen molar-refractivity contribution in [2.75, 3.05) is 32.2 Å². The molecule has 4 nitrogen and oxygen atoms in total. The van der Waals surface area contributed by atoms with Gasteiger partial charge in [-0.3, -0.25) is 4.99 Å². The number of hydrogen-bond donors (Lipinski definition) is 2. The van der Waals surface area contributed by atoms with Crippen LogP contribution in [0.3, 0.4) is 0 Å². The van der Waals surface area contributed by atoms with Gasteiger partial charge in [-0.2, -0.15) is 11.8 Å². The minimum Gasteiger partial charge on any atom is -0.493 e. The monoisotopic (exact) mass is 307 g/mol. The number of thioether (sulfide) groups is 1. The third kappa shape index (κ3) is 4.84. The van der Waals surface area contributed by atoms with Gasteiger partial charge >= 0.3 is 0 Å². The summed E-state index contributed by atoms with van der Waals surface area (Å²) in [5.74, 6) is 3.08. The van der Waals surface area contributed by atoms with Crippen LogP contribution < -0.4 is 15.4 Å². The number of hydrogen-bond acceptors (Lipinski definition) is 3. The molecule has 116 valence electrons. The Kier molecular flexibility index (Phi) is 6.73. The number of nitrogens with one attached hydrogen (secondary N) is 2. The van der Waals surface area contributed by atoms with E-state index in [0.717, 1.165) is 31.3 Å². The van der Waals surface area contributed by atoms with E-state index in [4.69, 9.17) is 4.74 Å². The molecule has 2 N–H and O–H groups in total. The molecule has 0 aliphatic carbocycles. The predicted octanol–water partition coefficient (Wildman–Crippen LogP) is 2.82. The maximum Gasteiger partial charge on any atom is 0.191 e. The third-order valence-electron chi connectivity index (χ3n) is 3.56. The molecule has 0 fully saturated rings. The fourth-order valence-corrected chi connectivity index (χ4v) is 2.92. The number of para-hydroxylation sites is 1. The second kappa shape index (κ2) is 8.82. The van der Waals surface area contributed by atoms with Crippen LogP contribution in [0.4, 0.5) is 0 Å². The average molecular weight is 307 g/mol. The highest BCUT2D eigenvalue weighted by atomic mass is 32.2. The molecule has 0 bridgehead atoms.